The molecular weight excluding hydrogens is 397 g/mol. The molecule has 0 amide bonds. The van der Waals surface area contributed by atoms with Crippen LogP contribution in [-0.4, -0.2) is 38.1 Å². The number of aryl methyl sites for hydroxylation is 1. The molecule has 31 heavy (non-hydrogen) atoms. The maximum Gasteiger partial charge on any atom is 0.197 e. The van der Waals surface area contributed by atoms with Gasteiger partial charge in [-0.2, -0.15) is 0 Å². The zero-order chi connectivity index (χ0) is 22.0. The van der Waals surface area contributed by atoms with E-state index in [1.807, 2.05) is 25.1 Å². The molecule has 1 aromatic heterocycles. The molecule has 1 aliphatic rings. The van der Waals surface area contributed by atoms with Crippen molar-refractivity contribution in [1.29, 1.82) is 0 Å². The average Bonchev–Trinajstić information content (AvgIpc) is 2.78. The second kappa shape index (κ2) is 9.04. The van der Waals surface area contributed by atoms with E-state index in [0.717, 1.165) is 34.4 Å². The second-order valence-electron chi connectivity index (χ2n) is 7.73. The lowest BCUT2D eigenvalue weighted by molar-refractivity contribution is -0.000948. The minimum Gasteiger partial charge on any atom is -0.476 e. The third-order valence-electron chi connectivity index (χ3n) is 5.74. The van der Waals surface area contributed by atoms with Crippen LogP contribution in [0, 0.1) is 12.7 Å². The van der Waals surface area contributed by atoms with Crippen molar-refractivity contribution >= 4 is 0 Å². The van der Waals surface area contributed by atoms with E-state index < -0.39 is 0 Å². The Kier molecular flexibility index (Phi) is 6.20. The predicted octanol–water partition coefficient (Wildman–Crippen LogP) is 4.23. The molecule has 0 unspecified atom stereocenters. The van der Waals surface area contributed by atoms with Crippen LogP contribution in [0.4, 0.5) is 4.39 Å². The maximum absolute atomic E-state index is 13.7. The van der Waals surface area contributed by atoms with Crippen molar-refractivity contribution in [3.8, 4) is 28.3 Å². The minimum atomic E-state index is -0.257. The summed E-state index contributed by atoms with van der Waals surface area (Å²) in [5.41, 5.74) is 5.43. The van der Waals surface area contributed by atoms with E-state index >= 15 is 0 Å². The van der Waals surface area contributed by atoms with E-state index in [0.29, 0.717) is 24.6 Å². The fourth-order valence-electron chi connectivity index (χ4n) is 4.08. The van der Waals surface area contributed by atoms with E-state index in [-0.39, 0.29) is 24.0 Å². The van der Waals surface area contributed by atoms with Crippen molar-refractivity contribution in [2.24, 2.45) is 0 Å². The number of ether oxygens (including phenoxy) is 3. The summed E-state index contributed by atoms with van der Waals surface area (Å²) in [5, 5.41) is 0. The lowest BCUT2D eigenvalue weighted by Gasteiger charge is -2.27. The Morgan fingerprint density at radius 3 is 2.61 bits per heavy atom. The monoisotopic (exact) mass is 423 g/mol. The van der Waals surface area contributed by atoms with Crippen molar-refractivity contribution in [3.63, 3.8) is 0 Å². The summed E-state index contributed by atoms with van der Waals surface area (Å²) in [6, 6.07) is 14.2. The molecule has 1 atom stereocenters. The van der Waals surface area contributed by atoms with Crippen molar-refractivity contribution in [3.05, 3.63) is 75.7 Å². The van der Waals surface area contributed by atoms with E-state index in [2.05, 4.69) is 10.6 Å². The molecule has 3 aromatic rings. The highest BCUT2D eigenvalue weighted by atomic mass is 19.1. The Hall–Kier alpha value is -2.96. The Morgan fingerprint density at radius 2 is 1.87 bits per heavy atom. The third kappa shape index (κ3) is 4.27. The number of fused-ring (bicyclic) bond motifs is 3. The first-order valence-electron chi connectivity index (χ1n) is 10.3. The lowest BCUT2D eigenvalue weighted by atomic mass is 9.91. The first kappa shape index (κ1) is 21.3. The summed E-state index contributed by atoms with van der Waals surface area (Å²) < 4.78 is 32.2. The molecule has 0 bridgehead atoms. The normalized spacial score (nSPS) is 13.4. The molecule has 5 nitrogen and oxygen atoms in total. The van der Waals surface area contributed by atoms with Gasteiger partial charge in [0.05, 0.1) is 12.3 Å². The largest absolute Gasteiger partial charge is 0.476 e. The Labute approximate surface area is 181 Å². The Bertz CT molecular complexity index is 1150. The topological polar surface area (TPSA) is 49.7 Å². The quantitative estimate of drug-likeness (QED) is 0.571. The zero-order valence-corrected chi connectivity index (χ0v) is 18.0. The summed E-state index contributed by atoms with van der Waals surface area (Å²) in [7, 11) is 3.22. The van der Waals surface area contributed by atoms with E-state index in [9.17, 15) is 9.18 Å². The van der Waals surface area contributed by atoms with Crippen LogP contribution in [0.2, 0.25) is 0 Å². The molecule has 1 aliphatic heterocycles. The SMILES string of the molecule is COC[C@@H](COc1cc(=O)c(C)c2n1CCc1cc(-c3cccc(F)c3)ccc1-2)OC. The molecule has 6 heteroatoms. The van der Waals surface area contributed by atoms with Gasteiger partial charge in [-0.25, -0.2) is 4.39 Å². The summed E-state index contributed by atoms with van der Waals surface area (Å²) >= 11 is 0. The Balaban J connectivity index is 1.72. The number of benzene rings is 2. The molecule has 0 saturated heterocycles. The third-order valence-corrected chi connectivity index (χ3v) is 5.74. The van der Waals surface area contributed by atoms with Gasteiger partial charge in [-0.1, -0.05) is 30.3 Å². The van der Waals surface area contributed by atoms with Gasteiger partial charge in [-0.05, 0) is 42.2 Å². The molecule has 0 fully saturated rings. The van der Waals surface area contributed by atoms with Crippen LogP contribution in [0.5, 0.6) is 5.88 Å². The van der Waals surface area contributed by atoms with Gasteiger partial charge in [0.25, 0.3) is 0 Å². The number of aromatic nitrogens is 1. The molecular formula is C25H26FNO4. The van der Waals surface area contributed by atoms with Crippen LogP contribution in [0.1, 0.15) is 11.1 Å². The molecule has 2 heterocycles. The summed E-state index contributed by atoms with van der Waals surface area (Å²) in [6.45, 7) is 3.23. The number of hydrogen-bond acceptors (Lipinski definition) is 4. The van der Waals surface area contributed by atoms with Crippen molar-refractivity contribution in [1.82, 2.24) is 4.57 Å². The lowest BCUT2D eigenvalue weighted by Crippen LogP contribution is -2.28. The molecule has 2 aromatic carbocycles. The number of nitrogens with zero attached hydrogens (tertiary/aromatic N) is 1. The van der Waals surface area contributed by atoms with Crippen LogP contribution >= 0.6 is 0 Å². The van der Waals surface area contributed by atoms with Gasteiger partial charge in [0.15, 0.2) is 11.3 Å². The molecule has 0 spiro atoms. The fraction of sp³-hybridized carbons (Fsp3) is 0.320. The van der Waals surface area contributed by atoms with Gasteiger partial charge >= 0.3 is 0 Å². The van der Waals surface area contributed by atoms with E-state index in [4.69, 9.17) is 14.2 Å². The molecule has 4 rings (SSSR count). The Morgan fingerprint density at radius 1 is 1.06 bits per heavy atom. The van der Waals surface area contributed by atoms with Crippen molar-refractivity contribution in [2.75, 3.05) is 27.4 Å². The van der Waals surface area contributed by atoms with Crippen LogP contribution < -0.4 is 10.2 Å². The van der Waals surface area contributed by atoms with Crippen LogP contribution in [-0.2, 0) is 22.4 Å². The summed E-state index contributed by atoms with van der Waals surface area (Å²) in [5.74, 6) is 0.274. The second-order valence-corrected chi connectivity index (χ2v) is 7.73. The standard InChI is InChI=1S/C25H26FNO4/c1-16-23(28)13-24(31-15-21(30-3)14-29-2)27-10-9-19-11-18(7-8-22(19)25(16)27)17-5-4-6-20(26)12-17/h4-8,11-13,21H,9-10,14-15H2,1-3H3/t21-/m0/s1. The smallest absolute Gasteiger partial charge is 0.197 e. The number of halogens is 1. The van der Waals surface area contributed by atoms with Crippen LogP contribution in [0.3, 0.4) is 0 Å². The molecule has 0 aliphatic carbocycles. The van der Waals surface area contributed by atoms with Gasteiger partial charge in [0.1, 0.15) is 18.5 Å². The average molecular weight is 423 g/mol. The predicted molar refractivity (Wildman–Crippen MR) is 118 cm³/mol. The first-order valence-corrected chi connectivity index (χ1v) is 10.3. The number of rotatable bonds is 7. The number of pyridine rings is 1. The van der Waals surface area contributed by atoms with E-state index in [1.165, 1.54) is 12.1 Å². The summed E-state index contributed by atoms with van der Waals surface area (Å²) in [6.07, 6.45) is 0.568. The molecule has 162 valence electrons. The van der Waals surface area contributed by atoms with Gasteiger partial charge in [-0.15, -0.1) is 0 Å². The highest BCUT2D eigenvalue weighted by Crippen LogP contribution is 2.36. The molecule has 0 radical (unpaired) electrons. The van der Waals surface area contributed by atoms with Gasteiger partial charge in [0, 0.05) is 38.0 Å². The first-order chi connectivity index (χ1) is 15.0. The van der Waals surface area contributed by atoms with Crippen molar-refractivity contribution in [2.45, 2.75) is 26.0 Å². The van der Waals surface area contributed by atoms with Gasteiger partial charge in [0.2, 0.25) is 0 Å². The van der Waals surface area contributed by atoms with Gasteiger partial charge in [-0.3, -0.25) is 4.79 Å². The minimum absolute atomic E-state index is 0.0657. The zero-order valence-electron chi connectivity index (χ0n) is 18.0. The van der Waals surface area contributed by atoms with Crippen molar-refractivity contribution < 1.29 is 18.6 Å². The van der Waals surface area contributed by atoms with Crippen LogP contribution in [0.15, 0.2) is 53.3 Å². The molecule has 0 saturated carbocycles. The number of hydrogen-bond donors (Lipinski definition) is 0. The van der Waals surface area contributed by atoms with Gasteiger partial charge < -0.3 is 18.8 Å². The maximum atomic E-state index is 13.7. The van der Waals surface area contributed by atoms with E-state index in [1.54, 1.807) is 26.4 Å². The van der Waals surface area contributed by atoms with Crippen LogP contribution in [0.25, 0.3) is 22.4 Å². The highest BCUT2D eigenvalue weighted by Gasteiger charge is 2.23. The fourth-order valence-corrected chi connectivity index (χ4v) is 4.08. The highest BCUT2D eigenvalue weighted by molar-refractivity contribution is 5.75. The molecule has 0 N–H and O–H groups in total. The summed E-state index contributed by atoms with van der Waals surface area (Å²) in [4.78, 5) is 12.7. The number of methoxy groups -OCH3 is 2.